The smallest absolute Gasteiger partial charge is 0.313 e. The van der Waals surface area contributed by atoms with Crippen molar-refractivity contribution in [3.63, 3.8) is 0 Å². The molecule has 2 heterocycles. The fourth-order valence-electron chi connectivity index (χ4n) is 2.67. The lowest BCUT2D eigenvalue weighted by Crippen LogP contribution is -2.34. The molecule has 0 spiro atoms. The fraction of sp³-hybridized carbons (Fsp3) is 0.429. The summed E-state index contributed by atoms with van der Waals surface area (Å²) in [5.74, 6) is -1.84. The Morgan fingerprint density at radius 3 is 2.69 bits per heavy atom. The maximum Gasteiger partial charge on any atom is 0.393 e. The number of hydrogen-bond donors (Lipinski definition) is 1. The van der Waals surface area contributed by atoms with E-state index in [1.807, 2.05) is 0 Å². The highest BCUT2D eigenvalue weighted by atomic mass is 35.5. The largest absolute Gasteiger partial charge is 0.393 e. The number of fused-ring (bicyclic) bond motifs is 1. The van der Waals surface area contributed by atoms with Gasteiger partial charge in [-0.05, 0) is 24.6 Å². The van der Waals surface area contributed by atoms with Crippen molar-refractivity contribution in [1.29, 1.82) is 0 Å². The van der Waals surface area contributed by atoms with Crippen LogP contribution in [0.3, 0.4) is 0 Å². The fourth-order valence-corrected chi connectivity index (χ4v) is 3.92. The maximum absolute atomic E-state index is 13.2. The molecule has 0 saturated heterocycles. The summed E-state index contributed by atoms with van der Waals surface area (Å²) in [5, 5.41) is 7.23. The van der Waals surface area contributed by atoms with Crippen LogP contribution >= 0.6 is 11.6 Å². The number of benzene rings is 1. The molecular formula is C14H13ClF4N4O2S. The van der Waals surface area contributed by atoms with Gasteiger partial charge in [0.25, 0.3) is 0 Å². The summed E-state index contributed by atoms with van der Waals surface area (Å²) < 4.78 is 80.0. The van der Waals surface area contributed by atoms with Crippen molar-refractivity contribution >= 4 is 21.6 Å². The van der Waals surface area contributed by atoms with Crippen LogP contribution in [0.15, 0.2) is 23.1 Å². The van der Waals surface area contributed by atoms with E-state index in [2.05, 4.69) is 14.9 Å². The molecule has 0 saturated carbocycles. The van der Waals surface area contributed by atoms with Gasteiger partial charge in [-0.15, -0.1) is 10.2 Å². The van der Waals surface area contributed by atoms with Gasteiger partial charge in [0.1, 0.15) is 17.5 Å². The van der Waals surface area contributed by atoms with Gasteiger partial charge in [-0.3, -0.25) is 0 Å². The van der Waals surface area contributed by atoms with Crippen molar-refractivity contribution in [2.45, 2.75) is 37.0 Å². The second-order valence-electron chi connectivity index (χ2n) is 5.82. The summed E-state index contributed by atoms with van der Waals surface area (Å²) in [4.78, 5) is -0.268. The summed E-state index contributed by atoms with van der Waals surface area (Å²) in [5.41, 5.74) is 0. The molecule has 12 heteroatoms. The molecule has 0 fully saturated rings. The Bertz CT molecular complexity index is 930. The number of aromatic nitrogens is 3. The molecule has 0 unspecified atom stereocenters. The van der Waals surface area contributed by atoms with E-state index in [9.17, 15) is 26.0 Å². The number of nitrogens with one attached hydrogen (secondary N) is 1. The van der Waals surface area contributed by atoms with Gasteiger partial charge in [0.2, 0.25) is 10.0 Å². The van der Waals surface area contributed by atoms with Gasteiger partial charge < -0.3 is 4.57 Å². The topological polar surface area (TPSA) is 76.9 Å². The van der Waals surface area contributed by atoms with E-state index < -0.39 is 27.9 Å². The molecule has 1 aliphatic rings. The SMILES string of the molecule is O=S(=O)(NCc1nnc2n1C[C@H](C(F)(F)F)CC2)c1ccc(F)c(Cl)c1. The second kappa shape index (κ2) is 6.78. The van der Waals surface area contributed by atoms with Crippen molar-refractivity contribution in [1.82, 2.24) is 19.5 Å². The molecule has 1 atom stereocenters. The molecule has 1 aliphatic heterocycles. The van der Waals surface area contributed by atoms with Gasteiger partial charge in [0.05, 0.1) is 22.4 Å². The number of sulfonamides is 1. The predicted molar refractivity (Wildman–Crippen MR) is 83.3 cm³/mol. The van der Waals surface area contributed by atoms with E-state index in [-0.39, 0.29) is 41.7 Å². The summed E-state index contributed by atoms with van der Waals surface area (Å²) in [6.07, 6.45) is -4.32. The van der Waals surface area contributed by atoms with Crippen LogP contribution in [-0.2, 0) is 29.5 Å². The highest BCUT2D eigenvalue weighted by Gasteiger charge is 2.42. The predicted octanol–water partition coefficient (Wildman–Crippen LogP) is 2.67. The Morgan fingerprint density at radius 1 is 1.31 bits per heavy atom. The highest BCUT2D eigenvalue weighted by Crippen LogP contribution is 2.34. The molecule has 3 rings (SSSR count). The van der Waals surface area contributed by atoms with Gasteiger partial charge in [-0.1, -0.05) is 11.6 Å². The molecule has 1 N–H and O–H groups in total. The average Bonchev–Trinajstić information content (AvgIpc) is 2.97. The van der Waals surface area contributed by atoms with E-state index in [1.54, 1.807) is 0 Å². The maximum atomic E-state index is 13.2. The van der Waals surface area contributed by atoms with Crippen LogP contribution in [-0.4, -0.2) is 29.4 Å². The van der Waals surface area contributed by atoms with E-state index in [4.69, 9.17) is 11.6 Å². The summed E-state index contributed by atoms with van der Waals surface area (Å²) >= 11 is 5.57. The van der Waals surface area contributed by atoms with Gasteiger partial charge in [-0.25, -0.2) is 17.5 Å². The minimum Gasteiger partial charge on any atom is -0.313 e. The number of alkyl halides is 3. The Labute approximate surface area is 151 Å². The third-order valence-corrected chi connectivity index (χ3v) is 5.80. The molecular weight excluding hydrogens is 400 g/mol. The standard InChI is InChI=1S/C14H13ClF4N4O2S/c15-10-5-9(2-3-11(10)16)26(24,25)20-6-13-22-21-12-4-1-8(7-23(12)13)14(17,18)19/h2-3,5,8,20H,1,4,6-7H2/t8-/m1/s1. The molecule has 0 amide bonds. The molecule has 6 nitrogen and oxygen atoms in total. The summed E-state index contributed by atoms with van der Waals surface area (Å²) in [6.45, 7) is -0.708. The van der Waals surface area contributed by atoms with E-state index in [0.717, 1.165) is 18.2 Å². The Hall–Kier alpha value is -1.72. The third-order valence-electron chi connectivity index (χ3n) is 4.11. The minimum atomic E-state index is -4.34. The lowest BCUT2D eigenvalue weighted by Gasteiger charge is -2.26. The van der Waals surface area contributed by atoms with Crippen LogP contribution in [0, 0.1) is 11.7 Å². The van der Waals surface area contributed by atoms with E-state index >= 15 is 0 Å². The van der Waals surface area contributed by atoms with Crippen molar-refractivity contribution in [3.05, 3.63) is 40.7 Å². The zero-order valence-corrected chi connectivity index (χ0v) is 14.7. The molecule has 0 bridgehead atoms. The zero-order valence-electron chi connectivity index (χ0n) is 13.1. The molecule has 1 aromatic carbocycles. The monoisotopic (exact) mass is 412 g/mol. The lowest BCUT2D eigenvalue weighted by atomic mass is 9.99. The second-order valence-corrected chi connectivity index (χ2v) is 7.99. The van der Waals surface area contributed by atoms with Crippen molar-refractivity contribution in [2.24, 2.45) is 5.92 Å². The van der Waals surface area contributed by atoms with Gasteiger partial charge in [0, 0.05) is 13.0 Å². The Morgan fingerprint density at radius 2 is 2.04 bits per heavy atom. The number of aryl methyl sites for hydroxylation is 1. The Balaban J connectivity index is 1.77. The van der Waals surface area contributed by atoms with Crippen LogP contribution in [0.4, 0.5) is 17.6 Å². The highest BCUT2D eigenvalue weighted by molar-refractivity contribution is 7.89. The molecule has 1 aromatic heterocycles. The third kappa shape index (κ3) is 3.84. The first-order chi connectivity index (χ1) is 12.1. The van der Waals surface area contributed by atoms with Crippen molar-refractivity contribution < 1.29 is 26.0 Å². The first-order valence-corrected chi connectivity index (χ1v) is 9.36. The van der Waals surface area contributed by atoms with Crippen molar-refractivity contribution in [3.8, 4) is 0 Å². The van der Waals surface area contributed by atoms with Crippen LogP contribution in [0.2, 0.25) is 5.02 Å². The van der Waals surface area contributed by atoms with Crippen LogP contribution < -0.4 is 4.72 Å². The first kappa shape index (κ1) is 19.1. The number of hydrogen-bond acceptors (Lipinski definition) is 4. The van der Waals surface area contributed by atoms with E-state index in [1.165, 1.54) is 4.57 Å². The Kier molecular flexibility index (Phi) is 4.97. The number of halogens is 5. The molecule has 0 aliphatic carbocycles. The van der Waals surface area contributed by atoms with Gasteiger partial charge in [-0.2, -0.15) is 13.2 Å². The van der Waals surface area contributed by atoms with Crippen molar-refractivity contribution in [2.75, 3.05) is 0 Å². The zero-order chi connectivity index (χ0) is 19.1. The number of rotatable bonds is 4. The number of nitrogens with zero attached hydrogens (tertiary/aromatic N) is 3. The van der Waals surface area contributed by atoms with Gasteiger partial charge in [0.15, 0.2) is 0 Å². The quantitative estimate of drug-likeness (QED) is 0.783. The molecule has 142 valence electrons. The molecule has 26 heavy (non-hydrogen) atoms. The summed E-state index contributed by atoms with van der Waals surface area (Å²) in [6, 6.07) is 2.88. The average molecular weight is 413 g/mol. The van der Waals surface area contributed by atoms with Gasteiger partial charge >= 0.3 is 6.18 Å². The molecule has 2 aromatic rings. The lowest BCUT2D eigenvalue weighted by molar-refractivity contribution is -0.182. The van der Waals surface area contributed by atoms with Crippen LogP contribution in [0.25, 0.3) is 0 Å². The first-order valence-electron chi connectivity index (χ1n) is 7.50. The molecule has 0 radical (unpaired) electrons. The normalized spacial score (nSPS) is 18.0. The van der Waals surface area contributed by atoms with Crippen LogP contribution in [0.1, 0.15) is 18.1 Å². The van der Waals surface area contributed by atoms with Crippen LogP contribution in [0.5, 0.6) is 0 Å². The van der Waals surface area contributed by atoms with E-state index in [0.29, 0.717) is 5.82 Å². The summed E-state index contributed by atoms with van der Waals surface area (Å²) in [7, 11) is -4.05. The minimum absolute atomic E-state index is 0.0748.